The number of anilines is 1. The highest BCUT2D eigenvalue weighted by molar-refractivity contribution is 6.09. The fourth-order valence-electron chi connectivity index (χ4n) is 4.48. The summed E-state index contributed by atoms with van der Waals surface area (Å²) in [5.41, 5.74) is 1.36. The number of halogens is 3. The van der Waals surface area contributed by atoms with Crippen molar-refractivity contribution < 1.29 is 32.2 Å². The number of benzene rings is 1. The Kier molecular flexibility index (Phi) is 8.29. The molecule has 0 spiro atoms. The Balaban J connectivity index is 1.73. The molecule has 4 N–H and O–H groups in total. The van der Waals surface area contributed by atoms with Crippen molar-refractivity contribution >= 4 is 17.6 Å². The largest absolute Gasteiger partial charge is 0.490 e. The lowest BCUT2D eigenvalue weighted by atomic mass is 9.94. The molecule has 1 saturated heterocycles. The van der Waals surface area contributed by atoms with Crippen LogP contribution in [0.4, 0.5) is 19.0 Å². The number of amides is 2. The number of carbonyl (C=O) groups is 2. The summed E-state index contributed by atoms with van der Waals surface area (Å²) in [5.74, 6) is 5.35. The monoisotopic (exact) mass is 556 g/mol. The molecule has 2 aromatic rings. The molecule has 2 bridgehead atoms. The number of nitrogens with zero attached hydrogens (tertiary/aromatic N) is 3. The molecule has 2 amide bonds. The van der Waals surface area contributed by atoms with Crippen LogP contribution in [-0.2, 0) is 9.59 Å². The second-order valence-corrected chi connectivity index (χ2v) is 9.38. The van der Waals surface area contributed by atoms with Crippen LogP contribution in [0.1, 0.15) is 36.4 Å². The maximum absolute atomic E-state index is 13.8. The highest BCUT2D eigenvalue weighted by atomic mass is 19.4. The Labute approximate surface area is 228 Å². The molecule has 0 aliphatic carbocycles. The smallest absolute Gasteiger partial charge is 0.422 e. The first-order valence-electron chi connectivity index (χ1n) is 12.3. The van der Waals surface area contributed by atoms with Gasteiger partial charge in [-0.2, -0.15) is 18.4 Å². The summed E-state index contributed by atoms with van der Waals surface area (Å²) in [6.07, 6.45) is -2.35. The van der Waals surface area contributed by atoms with Crippen LogP contribution in [0.25, 0.3) is 0 Å². The number of nitrogens with one attached hydrogen (secondary N) is 2. The number of pyridine rings is 1. The zero-order valence-corrected chi connectivity index (χ0v) is 21.5. The third-order valence-electron chi connectivity index (χ3n) is 6.37. The summed E-state index contributed by atoms with van der Waals surface area (Å²) in [6.45, 7) is 4.08. The number of aryl methyl sites for hydroxylation is 1. The van der Waals surface area contributed by atoms with Gasteiger partial charge >= 0.3 is 6.18 Å². The van der Waals surface area contributed by atoms with E-state index >= 15 is 0 Å². The molecule has 0 saturated carbocycles. The van der Waals surface area contributed by atoms with Gasteiger partial charge in [-0.1, -0.05) is 12.6 Å². The van der Waals surface area contributed by atoms with Crippen molar-refractivity contribution in [1.29, 1.82) is 5.26 Å². The van der Waals surface area contributed by atoms with E-state index in [4.69, 9.17) is 20.6 Å². The lowest BCUT2D eigenvalue weighted by molar-refractivity contribution is -0.153. The minimum Gasteiger partial charge on any atom is -0.490 e. The Morgan fingerprint density at radius 1 is 1.38 bits per heavy atom. The second-order valence-electron chi connectivity index (χ2n) is 9.38. The summed E-state index contributed by atoms with van der Waals surface area (Å²) >= 11 is 0. The Bertz CT molecular complexity index is 1380. The molecule has 2 aliphatic heterocycles. The number of alkyl halides is 3. The molecular formula is C27H27F3N6O4. The first-order chi connectivity index (χ1) is 19.0. The van der Waals surface area contributed by atoms with Gasteiger partial charge in [0.25, 0.3) is 11.8 Å². The Morgan fingerprint density at radius 3 is 2.83 bits per heavy atom. The van der Waals surface area contributed by atoms with Gasteiger partial charge in [0.15, 0.2) is 6.61 Å². The van der Waals surface area contributed by atoms with E-state index in [1.165, 1.54) is 18.2 Å². The molecule has 2 aliphatic rings. The minimum atomic E-state index is -4.50. The fourth-order valence-corrected chi connectivity index (χ4v) is 4.48. The van der Waals surface area contributed by atoms with Crippen molar-refractivity contribution in [3.05, 3.63) is 71.1 Å². The van der Waals surface area contributed by atoms with Gasteiger partial charge in [0.2, 0.25) is 0 Å². The molecule has 1 unspecified atom stereocenters. The van der Waals surface area contributed by atoms with Gasteiger partial charge in [0, 0.05) is 24.2 Å². The van der Waals surface area contributed by atoms with Gasteiger partial charge in [-0.3, -0.25) is 14.6 Å². The minimum absolute atomic E-state index is 0.0255. The molecule has 1 aromatic heterocycles. The number of nitriles is 1. The number of carbonyl (C=O) groups excluding carboxylic acids is 2. The average Bonchev–Trinajstić information content (AvgIpc) is 2.95. The molecule has 10 nitrogen and oxygen atoms in total. The number of fused-ring (bicyclic) bond motifs is 4. The van der Waals surface area contributed by atoms with Crippen LogP contribution >= 0.6 is 0 Å². The zero-order valence-electron chi connectivity index (χ0n) is 21.5. The number of hydrogen-bond acceptors (Lipinski definition) is 8. The fraction of sp³-hybridized carbons (Fsp3) is 0.333. The quantitative estimate of drug-likeness (QED) is 0.213. The molecule has 4 rings (SSSR count). The maximum Gasteiger partial charge on any atom is 0.422 e. The molecule has 1 aromatic carbocycles. The van der Waals surface area contributed by atoms with E-state index < -0.39 is 36.7 Å². The highest BCUT2D eigenvalue weighted by Gasteiger charge is 2.36. The van der Waals surface area contributed by atoms with Gasteiger partial charge in [0.1, 0.15) is 35.7 Å². The number of rotatable bonds is 6. The van der Waals surface area contributed by atoms with Gasteiger partial charge < -0.3 is 20.1 Å². The molecule has 210 valence electrons. The summed E-state index contributed by atoms with van der Waals surface area (Å²) in [7, 11) is 0. The lowest BCUT2D eigenvalue weighted by Crippen LogP contribution is -2.43. The van der Waals surface area contributed by atoms with Crippen LogP contribution in [0.5, 0.6) is 11.5 Å². The molecule has 1 fully saturated rings. The predicted octanol–water partition coefficient (Wildman–Crippen LogP) is 3.26. The van der Waals surface area contributed by atoms with Crippen LogP contribution in [0.3, 0.4) is 0 Å². The van der Waals surface area contributed by atoms with E-state index in [0.717, 1.165) is 10.6 Å². The predicted molar refractivity (Wildman–Crippen MR) is 138 cm³/mol. The second kappa shape index (κ2) is 11.7. The molecular weight excluding hydrogens is 529 g/mol. The summed E-state index contributed by atoms with van der Waals surface area (Å²) in [4.78, 5) is 31.3. The van der Waals surface area contributed by atoms with Crippen LogP contribution in [-0.4, -0.2) is 42.2 Å². The standard InChI is InChI=1S/C27H27F3N6O4/c1-15-3-8-22(34-13-15)36(32)24(26(38)33-10-9-31)23-16(2)4-5-18-11-20(35-25(23)37)19-7-6-17(12-21(19)40-18)39-14-27(28,29)30/h3,6-8,12-13,18,20H,2,4-5,10-11,14,32H2,1H3,(H,33,38)(H,35,37)/b24-23+/t18?,20-/m1/s1. The van der Waals surface area contributed by atoms with Gasteiger partial charge in [-0.25, -0.2) is 10.8 Å². The van der Waals surface area contributed by atoms with Crippen molar-refractivity contribution in [1.82, 2.24) is 15.6 Å². The van der Waals surface area contributed by atoms with E-state index in [1.807, 2.05) is 13.0 Å². The first-order valence-corrected chi connectivity index (χ1v) is 12.3. The van der Waals surface area contributed by atoms with Crippen molar-refractivity contribution in [3.63, 3.8) is 0 Å². The van der Waals surface area contributed by atoms with Crippen LogP contribution in [0, 0.1) is 18.3 Å². The van der Waals surface area contributed by atoms with Crippen molar-refractivity contribution in [2.45, 2.75) is 44.5 Å². The number of aromatic nitrogens is 1. The van der Waals surface area contributed by atoms with Crippen molar-refractivity contribution in [3.8, 4) is 17.6 Å². The maximum atomic E-state index is 13.8. The van der Waals surface area contributed by atoms with E-state index in [2.05, 4.69) is 22.2 Å². The van der Waals surface area contributed by atoms with Gasteiger partial charge in [-0.15, -0.1) is 0 Å². The third kappa shape index (κ3) is 6.52. The average molecular weight is 557 g/mol. The number of ether oxygens (including phenoxy) is 2. The van der Waals surface area contributed by atoms with Gasteiger partial charge in [0.05, 0.1) is 17.7 Å². The van der Waals surface area contributed by atoms with Crippen molar-refractivity contribution in [2.24, 2.45) is 5.84 Å². The topological polar surface area (TPSA) is 143 Å². The van der Waals surface area contributed by atoms with Crippen LogP contribution in [0.2, 0.25) is 0 Å². The molecule has 13 heteroatoms. The Hall–Kier alpha value is -4.57. The van der Waals surface area contributed by atoms with E-state index in [-0.39, 0.29) is 41.6 Å². The first kappa shape index (κ1) is 28.4. The van der Waals surface area contributed by atoms with Crippen molar-refractivity contribution in [2.75, 3.05) is 18.2 Å². The number of hydrogen-bond donors (Lipinski definition) is 3. The van der Waals surface area contributed by atoms with Gasteiger partial charge in [-0.05, 0) is 49.1 Å². The molecule has 3 heterocycles. The molecule has 0 radical (unpaired) electrons. The van der Waals surface area contributed by atoms with Crippen LogP contribution < -0.4 is 31.0 Å². The summed E-state index contributed by atoms with van der Waals surface area (Å²) in [6, 6.07) is 8.81. The lowest BCUT2D eigenvalue weighted by Gasteiger charge is -2.32. The summed E-state index contributed by atoms with van der Waals surface area (Å²) in [5, 5.41) is 15.3. The third-order valence-corrected chi connectivity index (χ3v) is 6.37. The van der Waals surface area contributed by atoms with E-state index in [0.29, 0.717) is 24.0 Å². The molecule has 2 atom stereocenters. The molecule has 40 heavy (non-hydrogen) atoms. The normalized spacial score (nSPS) is 19.9. The zero-order chi connectivity index (χ0) is 29.0. The highest BCUT2D eigenvalue weighted by Crippen LogP contribution is 2.40. The number of hydrazine groups is 1. The Morgan fingerprint density at radius 2 is 2.15 bits per heavy atom. The van der Waals surface area contributed by atoms with E-state index in [1.54, 1.807) is 18.3 Å². The van der Waals surface area contributed by atoms with Crippen LogP contribution in [0.15, 0.2) is 60.0 Å². The summed E-state index contributed by atoms with van der Waals surface area (Å²) < 4.78 is 48.8. The SMILES string of the molecule is C=C1CCC2C[C@@H](NC(=O)/C1=C(\C(=O)NCC#N)N(N)c1ccc(C)cn1)c1ccc(OCC(F)(F)F)cc1O2. The van der Waals surface area contributed by atoms with E-state index in [9.17, 15) is 22.8 Å². The number of nitrogens with two attached hydrogens (primary N) is 1.